The van der Waals surface area contributed by atoms with Crippen molar-refractivity contribution in [2.24, 2.45) is 5.41 Å². The molecule has 1 amide bonds. The zero-order chi connectivity index (χ0) is 14.9. The van der Waals surface area contributed by atoms with Gasteiger partial charge in [0.2, 0.25) is 0 Å². The van der Waals surface area contributed by atoms with E-state index in [-0.39, 0.29) is 12.5 Å². The average Bonchev–Trinajstić information content (AvgIpc) is 2.45. The maximum absolute atomic E-state index is 12.4. The molecular formula is C16H20N2O3. The smallest absolute Gasteiger partial charge is 0.311 e. The molecule has 1 aliphatic carbocycles. The summed E-state index contributed by atoms with van der Waals surface area (Å²) in [7, 11) is 0. The van der Waals surface area contributed by atoms with Crippen molar-refractivity contribution in [3.8, 4) is 0 Å². The molecular weight excluding hydrogens is 268 g/mol. The maximum atomic E-state index is 12.4. The molecule has 0 bridgehead atoms. The molecule has 2 aliphatic rings. The highest BCUT2D eigenvalue weighted by Crippen LogP contribution is 2.40. The van der Waals surface area contributed by atoms with Crippen molar-refractivity contribution in [3.63, 3.8) is 0 Å². The Morgan fingerprint density at radius 1 is 1.29 bits per heavy atom. The van der Waals surface area contributed by atoms with Crippen molar-refractivity contribution in [3.05, 3.63) is 29.3 Å². The fraction of sp³-hybridized carbons (Fsp3) is 0.500. The molecule has 1 aromatic rings. The third-order valence-corrected chi connectivity index (χ3v) is 4.69. The summed E-state index contributed by atoms with van der Waals surface area (Å²) >= 11 is 0. The molecule has 21 heavy (non-hydrogen) atoms. The lowest BCUT2D eigenvalue weighted by molar-refractivity contribution is -0.153. The van der Waals surface area contributed by atoms with Gasteiger partial charge >= 0.3 is 5.97 Å². The number of amides is 1. The summed E-state index contributed by atoms with van der Waals surface area (Å²) in [5, 5.41) is 15.4. The van der Waals surface area contributed by atoms with Gasteiger partial charge < -0.3 is 15.7 Å². The molecule has 5 heteroatoms. The summed E-state index contributed by atoms with van der Waals surface area (Å²) in [6.45, 7) is 1.15. The minimum atomic E-state index is -0.800. The highest BCUT2D eigenvalue weighted by Gasteiger charge is 2.44. The second-order valence-electron chi connectivity index (χ2n) is 5.98. The molecule has 0 aromatic heterocycles. The Hall–Kier alpha value is -2.04. The Balaban J connectivity index is 1.73. The summed E-state index contributed by atoms with van der Waals surface area (Å²) in [6, 6.07) is 5.66. The fourth-order valence-electron chi connectivity index (χ4n) is 3.14. The van der Waals surface area contributed by atoms with Gasteiger partial charge in [-0.05, 0) is 43.4 Å². The van der Waals surface area contributed by atoms with Crippen LogP contribution in [0.1, 0.15) is 41.6 Å². The van der Waals surface area contributed by atoms with Crippen LogP contribution in [0.5, 0.6) is 0 Å². The van der Waals surface area contributed by atoms with Crippen molar-refractivity contribution < 1.29 is 14.7 Å². The highest BCUT2D eigenvalue weighted by molar-refractivity contribution is 5.97. The van der Waals surface area contributed by atoms with Gasteiger partial charge in [-0.1, -0.05) is 12.5 Å². The molecule has 0 radical (unpaired) electrons. The van der Waals surface area contributed by atoms with Gasteiger partial charge in [0.05, 0.1) is 5.41 Å². The Morgan fingerprint density at radius 3 is 2.76 bits per heavy atom. The zero-order valence-corrected chi connectivity index (χ0v) is 11.9. The minimum absolute atomic E-state index is 0.164. The molecule has 0 atom stereocenters. The SMILES string of the molecule is O=C(NCC1(C(=O)O)CCC1)c1cccc2c1CCCN2. The van der Waals surface area contributed by atoms with Crippen LogP contribution in [-0.2, 0) is 11.2 Å². The van der Waals surface area contributed by atoms with Crippen LogP contribution in [0, 0.1) is 5.41 Å². The predicted octanol–water partition coefficient (Wildman–Crippen LogP) is 2.03. The van der Waals surface area contributed by atoms with Crippen LogP contribution < -0.4 is 10.6 Å². The molecule has 3 rings (SSSR count). The zero-order valence-electron chi connectivity index (χ0n) is 11.9. The molecule has 1 heterocycles. The Labute approximate surface area is 123 Å². The van der Waals surface area contributed by atoms with E-state index >= 15 is 0 Å². The first-order valence-electron chi connectivity index (χ1n) is 7.50. The van der Waals surface area contributed by atoms with Gasteiger partial charge in [-0.2, -0.15) is 0 Å². The number of hydrogen-bond acceptors (Lipinski definition) is 3. The minimum Gasteiger partial charge on any atom is -0.481 e. The van der Waals surface area contributed by atoms with Crippen molar-refractivity contribution in [2.75, 3.05) is 18.4 Å². The number of carboxylic acids is 1. The van der Waals surface area contributed by atoms with Crippen LogP contribution in [-0.4, -0.2) is 30.1 Å². The number of benzene rings is 1. The largest absolute Gasteiger partial charge is 0.481 e. The van der Waals surface area contributed by atoms with Gasteiger partial charge in [-0.15, -0.1) is 0 Å². The lowest BCUT2D eigenvalue weighted by atomic mass is 9.69. The molecule has 0 spiro atoms. The molecule has 5 nitrogen and oxygen atoms in total. The van der Waals surface area contributed by atoms with Gasteiger partial charge in [-0.25, -0.2) is 0 Å². The van der Waals surface area contributed by atoms with Crippen LogP contribution >= 0.6 is 0 Å². The van der Waals surface area contributed by atoms with E-state index in [2.05, 4.69) is 10.6 Å². The van der Waals surface area contributed by atoms with Gasteiger partial charge in [0.15, 0.2) is 0 Å². The number of carbonyl (C=O) groups is 2. The Bertz CT molecular complexity index is 579. The van der Waals surface area contributed by atoms with E-state index in [1.54, 1.807) is 0 Å². The molecule has 3 N–H and O–H groups in total. The van der Waals surface area contributed by atoms with Crippen LogP contribution in [0.4, 0.5) is 5.69 Å². The molecule has 1 aromatic carbocycles. The van der Waals surface area contributed by atoms with Crippen LogP contribution in [0.15, 0.2) is 18.2 Å². The fourth-order valence-corrected chi connectivity index (χ4v) is 3.14. The number of anilines is 1. The normalized spacial score (nSPS) is 18.9. The average molecular weight is 288 g/mol. The lowest BCUT2D eigenvalue weighted by Gasteiger charge is -2.37. The third-order valence-electron chi connectivity index (χ3n) is 4.69. The lowest BCUT2D eigenvalue weighted by Crippen LogP contribution is -2.47. The highest BCUT2D eigenvalue weighted by atomic mass is 16.4. The van der Waals surface area contributed by atoms with Crippen molar-refractivity contribution >= 4 is 17.6 Å². The number of hydrogen-bond donors (Lipinski definition) is 3. The van der Waals surface area contributed by atoms with Crippen LogP contribution in [0.2, 0.25) is 0 Å². The number of fused-ring (bicyclic) bond motifs is 1. The van der Waals surface area contributed by atoms with E-state index in [0.717, 1.165) is 37.1 Å². The molecule has 0 unspecified atom stereocenters. The van der Waals surface area contributed by atoms with E-state index in [9.17, 15) is 14.7 Å². The third kappa shape index (κ3) is 2.48. The van der Waals surface area contributed by atoms with E-state index < -0.39 is 11.4 Å². The molecule has 1 saturated carbocycles. The van der Waals surface area contributed by atoms with Gasteiger partial charge in [-0.3, -0.25) is 9.59 Å². The molecule has 0 saturated heterocycles. The second kappa shape index (κ2) is 5.39. The number of rotatable bonds is 4. The summed E-state index contributed by atoms with van der Waals surface area (Å²) < 4.78 is 0. The van der Waals surface area contributed by atoms with E-state index in [0.29, 0.717) is 18.4 Å². The summed E-state index contributed by atoms with van der Waals surface area (Å²) in [5.41, 5.74) is 1.98. The topological polar surface area (TPSA) is 78.4 Å². The van der Waals surface area contributed by atoms with Crippen LogP contribution in [0.3, 0.4) is 0 Å². The first kappa shape index (κ1) is 13.9. The quantitative estimate of drug-likeness (QED) is 0.792. The van der Waals surface area contributed by atoms with Crippen molar-refractivity contribution in [1.29, 1.82) is 0 Å². The second-order valence-corrected chi connectivity index (χ2v) is 5.98. The molecule has 1 aliphatic heterocycles. The molecule has 1 fully saturated rings. The number of carbonyl (C=O) groups excluding carboxylic acids is 1. The first-order valence-corrected chi connectivity index (χ1v) is 7.50. The first-order chi connectivity index (χ1) is 10.1. The van der Waals surface area contributed by atoms with E-state index in [1.165, 1.54) is 0 Å². The number of aliphatic carboxylic acids is 1. The van der Waals surface area contributed by atoms with Gasteiger partial charge in [0.1, 0.15) is 0 Å². The number of nitrogens with one attached hydrogen (secondary N) is 2. The van der Waals surface area contributed by atoms with Crippen LogP contribution in [0.25, 0.3) is 0 Å². The maximum Gasteiger partial charge on any atom is 0.311 e. The standard InChI is InChI=1S/C16H20N2O3/c19-14(18-10-16(15(20)21)7-3-8-16)12-4-1-6-13-11(12)5-2-9-17-13/h1,4,6,17H,2-3,5,7-10H2,(H,18,19)(H,20,21). The molecule has 112 valence electrons. The van der Waals surface area contributed by atoms with Crippen molar-refractivity contribution in [2.45, 2.75) is 32.1 Å². The van der Waals surface area contributed by atoms with E-state index in [1.807, 2.05) is 18.2 Å². The summed E-state index contributed by atoms with van der Waals surface area (Å²) in [5.74, 6) is -0.964. The summed E-state index contributed by atoms with van der Waals surface area (Å²) in [6.07, 6.45) is 4.12. The van der Waals surface area contributed by atoms with Crippen molar-refractivity contribution in [1.82, 2.24) is 5.32 Å². The predicted molar refractivity (Wildman–Crippen MR) is 79.5 cm³/mol. The Morgan fingerprint density at radius 2 is 2.10 bits per heavy atom. The Kier molecular flexibility index (Phi) is 3.57. The van der Waals surface area contributed by atoms with Gasteiger partial charge in [0.25, 0.3) is 5.91 Å². The van der Waals surface area contributed by atoms with Gasteiger partial charge in [0, 0.05) is 24.3 Å². The van der Waals surface area contributed by atoms with E-state index in [4.69, 9.17) is 0 Å². The monoisotopic (exact) mass is 288 g/mol. The summed E-state index contributed by atoms with van der Waals surface area (Å²) in [4.78, 5) is 23.7. The number of carboxylic acid groups (broad SMARTS) is 1.